The predicted octanol–water partition coefficient (Wildman–Crippen LogP) is 2.29. The van der Waals surface area contributed by atoms with Crippen molar-refractivity contribution in [2.24, 2.45) is 5.92 Å². The van der Waals surface area contributed by atoms with E-state index < -0.39 is 41.7 Å². The van der Waals surface area contributed by atoms with E-state index in [1.807, 2.05) is 44.2 Å². The number of rotatable bonds is 10. The highest BCUT2D eigenvalue weighted by atomic mass is 16.6. The van der Waals surface area contributed by atoms with E-state index in [4.69, 9.17) is 4.74 Å². The summed E-state index contributed by atoms with van der Waals surface area (Å²) in [5, 5.41) is 18.9. The molecule has 0 aliphatic heterocycles. The minimum atomic E-state index is -1.42. The SMILES string of the molecule is CC(C)C[C@H](NC(=O)OC(C)(C)C)C(=O)N[C@@H](Cc1ccccc1)C(O)C(=O)NC1CC1. The number of hydrogen-bond acceptors (Lipinski definition) is 5. The lowest BCUT2D eigenvalue weighted by molar-refractivity contribution is -0.132. The summed E-state index contributed by atoms with van der Waals surface area (Å²) in [4.78, 5) is 37.9. The second kappa shape index (κ2) is 11.3. The number of benzene rings is 1. The molecule has 0 radical (unpaired) electrons. The van der Waals surface area contributed by atoms with E-state index in [-0.39, 0.29) is 18.4 Å². The molecule has 0 aromatic heterocycles. The monoisotopic (exact) mass is 447 g/mol. The average molecular weight is 448 g/mol. The van der Waals surface area contributed by atoms with E-state index >= 15 is 0 Å². The molecule has 1 aliphatic rings. The average Bonchev–Trinajstić information content (AvgIpc) is 3.49. The summed E-state index contributed by atoms with van der Waals surface area (Å²) in [6.45, 7) is 9.12. The zero-order valence-electron chi connectivity index (χ0n) is 19.7. The third-order valence-electron chi connectivity index (χ3n) is 4.91. The Balaban J connectivity index is 2.13. The van der Waals surface area contributed by atoms with Crippen LogP contribution in [-0.2, 0) is 20.7 Å². The van der Waals surface area contributed by atoms with Gasteiger partial charge < -0.3 is 25.8 Å². The fourth-order valence-corrected chi connectivity index (χ4v) is 3.24. The molecule has 3 amide bonds. The number of nitrogens with one attached hydrogen (secondary N) is 3. The molecule has 1 fully saturated rings. The summed E-state index contributed by atoms with van der Waals surface area (Å²) in [5.74, 6) is -0.852. The third kappa shape index (κ3) is 9.26. The molecule has 4 N–H and O–H groups in total. The lowest BCUT2D eigenvalue weighted by Crippen LogP contribution is -2.57. The summed E-state index contributed by atoms with van der Waals surface area (Å²) in [6.07, 6.45) is 0.334. The van der Waals surface area contributed by atoms with Gasteiger partial charge in [-0.1, -0.05) is 44.2 Å². The van der Waals surface area contributed by atoms with E-state index in [2.05, 4.69) is 16.0 Å². The fraction of sp³-hybridized carbons (Fsp3) is 0.625. The summed E-state index contributed by atoms with van der Waals surface area (Å²) in [7, 11) is 0. The van der Waals surface area contributed by atoms with Crippen LogP contribution in [0.2, 0.25) is 0 Å². The van der Waals surface area contributed by atoms with Gasteiger partial charge in [0.1, 0.15) is 11.6 Å². The van der Waals surface area contributed by atoms with Gasteiger partial charge in [0.2, 0.25) is 5.91 Å². The quantitative estimate of drug-likeness (QED) is 0.439. The molecule has 2 rings (SSSR count). The Hall–Kier alpha value is -2.61. The molecule has 8 heteroatoms. The van der Waals surface area contributed by atoms with Crippen molar-refractivity contribution in [3.05, 3.63) is 35.9 Å². The molecule has 1 aromatic carbocycles. The van der Waals surface area contributed by atoms with Crippen LogP contribution in [-0.4, -0.2) is 52.8 Å². The fourth-order valence-electron chi connectivity index (χ4n) is 3.24. The molecular weight excluding hydrogens is 410 g/mol. The second-order valence-electron chi connectivity index (χ2n) is 9.86. The van der Waals surface area contributed by atoms with Gasteiger partial charge in [0.05, 0.1) is 6.04 Å². The van der Waals surface area contributed by atoms with Crippen LogP contribution < -0.4 is 16.0 Å². The Morgan fingerprint density at radius 1 is 1.06 bits per heavy atom. The minimum Gasteiger partial charge on any atom is -0.444 e. The number of aliphatic hydroxyl groups excluding tert-OH is 1. The Morgan fingerprint density at radius 2 is 1.69 bits per heavy atom. The van der Waals surface area contributed by atoms with E-state index in [1.54, 1.807) is 20.8 Å². The van der Waals surface area contributed by atoms with Crippen LogP contribution in [0.25, 0.3) is 0 Å². The number of carbonyl (C=O) groups excluding carboxylic acids is 3. The highest BCUT2D eigenvalue weighted by molar-refractivity contribution is 5.87. The number of ether oxygens (including phenoxy) is 1. The first kappa shape index (κ1) is 25.6. The van der Waals surface area contributed by atoms with Crippen LogP contribution in [0.15, 0.2) is 30.3 Å². The van der Waals surface area contributed by atoms with E-state index in [0.717, 1.165) is 18.4 Å². The van der Waals surface area contributed by atoms with Crippen molar-refractivity contribution in [3.63, 3.8) is 0 Å². The number of hydrogen-bond donors (Lipinski definition) is 4. The maximum atomic E-state index is 13.1. The molecule has 8 nitrogen and oxygen atoms in total. The van der Waals surface area contributed by atoms with Crippen LogP contribution in [0.1, 0.15) is 59.4 Å². The van der Waals surface area contributed by atoms with Gasteiger partial charge in [-0.3, -0.25) is 9.59 Å². The summed E-state index contributed by atoms with van der Waals surface area (Å²) >= 11 is 0. The molecule has 32 heavy (non-hydrogen) atoms. The van der Waals surface area contributed by atoms with Gasteiger partial charge in [-0.05, 0) is 57.9 Å². The van der Waals surface area contributed by atoms with Crippen LogP contribution in [0.4, 0.5) is 4.79 Å². The molecule has 178 valence electrons. The van der Waals surface area contributed by atoms with Crippen LogP contribution in [0.3, 0.4) is 0 Å². The van der Waals surface area contributed by atoms with Gasteiger partial charge in [-0.25, -0.2) is 4.79 Å². The van der Waals surface area contributed by atoms with Crippen molar-refractivity contribution in [1.82, 2.24) is 16.0 Å². The van der Waals surface area contributed by atoms with Gasteiger partial charge in [0.15, 0.2) is 6.10 Å². The third-order valence-corrected chi connectivity index (χ3v) is 4.91. The lowest BCUT2D eigenvalue weighted by Gasteiger charge is -2.28. The van der Waals surface area contributed by atoms with Crippen LogP contribution in [0, 0.1) is 5.92 Å². The lowest BCUT2D eigenvalue weighted by atomic mass is 9.98. The summed E-state index contributed by atoms with van der Waals surface area (Å²) in [6, 6.07) is 7.71. The van der Waals surface area contributed by atoms with E-state index in [0.29, 0.717) is 6.42 Å². The number of amides is 3. The molecule has 3 atom stereocenters. The van der Waals surface area contributed by atoms with Gasteiger partial charge in [0.25, 0.3) is 5.91 Å². The molecule has 1 aliphatic carbocycles. The minimum absolute atomic E-state index is 0.0905. The van der Waals surface area contributed by atoms with Crippen molar-refractivity contribution in [2.45, 2.75) is 90.1 Å². The second-order valence-corrected chi connectivity index (χ2v) is 9.86. The summed E-state index contributed by atoms with van der Waals surface area (Å²) < 4.78 is 5.29. The molecule has 0 heterocycles. The van der Waals surface area contributed by atoms with Gasteiger partial charge in [-0.2, -0.15) is 0 Å². The first-order valence-corrected chi connectivity index (χ1v) is 11.3. The van der Waals surface area contributed by atoms with Gasteiger partial charge in [-0.15, -0.1) is 0 Å². The predicted molar refractivity (Wildman–Crippen MR) is 122 cm³/mol. The van der Waals surface area contributed by atoms with E-state index in [1.165, 1.54) is 0 Å². The highest BCUT2D eigenvalue weighted by Crippen LogP contribution is 2.19. The number of aliphatic hydroxyl groups is 1. The molecule has 0 saturated heterocycles. The van der Waals surface area contributed by atoms with E-state index in [9.17, 15) is 19.5 Å². The Bertz CT molecular complexity index is 772. The van der Waals surface area contributed by atoms with Gasteiger partial charge in [0, 0.05) is 6.04 Å². The first-order chi connectivity index (χ1) is 14.9. The van der Waals surface area contributed by atoms with Crippen LogP contribution >= 0.6 is 0 Å². The Labute approximate surface area is 190 Å². The largest absolute Gasteiger partial charge is 0.444 e. The van der Waals surface area contributed by atoms with Crippen molar-refractivity contribution >= 4 is 17.9 Å². The number of carbonyl (C=O) groups is 3. The maximum absolute atomic E-state index is 13.1. The standard InChI is InChI=1S/C24H37N3O5/c1-15(2)13-19(27-23(31)32-24(3,4)5)21(29)26-18(14-16-9-7-6-8-10-16)20(28)22(30)25-17-11-12-17/h6-10,15,17-20,28H,11-14H2,1-5H3,(H,25,30)(H,26,29)(H,27,31)/t18-,19-,20?/m0/s1. The topological polar surface area (TPSA) is 117 Å². The maximum Gasteiger partial charge on any atom is 0.408 e. The van der Waals surface area contributed by atoms with Crippen LogP contribution in [0.5, 0.6) is 0 Å². The first-order valence-electron chi connectivity index (χ1n) is 11.3. The highest BCUT2D eigenvalue weighted by Gasteiger charge is 2.34. The number of alkyl carbamates (subject to hydrolysis) is 1. The zero-order valence-corrected chi connectivity index (χ0v) is 19.7. The molecule has 1 unspecified atom stereocenters. The molecule has 1 saturated carbocycles. The Morgan fingerprint density at radius 3 is 2.22 bits per heavy atom. The Kier molecular flexibility index (Phi) is 9.07. The zero-order chi connectivity index (χ0) is 23.9. The molecule has 1 aromatic rings. The van der Waals surface area contributed by atoms with Crippen molar-refractivity contribution < 1.29 is 24.2 Å². The molecular formula is C24H37N3O5. The summed E-state index contributed by atoms with van der Waals surface area (Å²) in [5.41, 5.74) is 0.173. The van der Waals surface area contributed by atoms with Crippen molar-refractivity contribution in [3.8, 4) is 0 Å². The molecule has 0 spiro atoms. The van der Waals surface area contributed by atoms with Crippen molar-refractivity contribution in [2.75, 3.05) is 0 Å². The van der Waals surface area contributed by atoms with Crippen molar-refractivity contribution in [1.29, 1.82) is 0 Å². The smallest absolute Gasteiger partial charge is 0.408 e. The van der Waals surface area contributed by atoms with Gasteiger partial charge >= 0.3 is 6.09 Å². The molecule has 0 bridgehead atoms. The normalized spacial score (nSPS) is 16.6.